The van der Waals surface area contributed by atoms with E-state index in [1.807, 2.05) is 0 Å². The molecule has 1 aromatic heterocycles. The second kappa shape index (κ2) is 6.80. The average Bonchev–Trinajstić information content (AvgIpc) is 3.38. The second-order valence-corrected chi connectivity index (χ2v) is 9.27. The molecule has 3 aliphatic carbocycles. The van der Waals surface area contributed by atoms with Gasteiger partial charge in [-0.15, -0.1) is 11.3 Å². The smallest absolute Gasteiger partial charge is 0.226 e. The van der Waals surface area contributed by atoms with Gasteiger partial charge in [0.25, 0.3) is 0 Å². The third-order valence-electron chi connectivity index (χ3n) is 6.73. The van der Waals surface area contributed by atoms with Crippen molar-refractivity contribution >= 4 is 22.4 Å². The molecule has 0 aliphatic heterocycles. The van der Waals surface area contributed by atoms with E-state index in [-0.39, 0.29) is 5.91 Å². The normalized spacial score (nSPS) is 26.7. The van der Waals surface area contributed by atoms with Gasteiger partial charge in [0.1, 0.15) is 0 Å². The highest BCUT2D eigenvalue weighted by Gasteiger charge is 2.40. The van der Waals surface area contributed by atoms with Crippen molar-refractivity contribution in [1.29, 1.82) is 0 Å². The largest absolute Gasteiger partial charge is 0.302 e. The van der Waals surface area contributed by atoms with Gasteiger partial charge in [0, 0.05) is 17.4 Å². The van der Waals surface area contributed by atoms with Crippen molar-refractivity contribution in [2.24, 2.45) is 17.8 Å². The molecule has 0 spiro atoms. The average molecular weight is 367 g/mol. The standard InChI is InChI=1S/C22H26N2OS/c25-21(12-19-10-14-5-6-17(19)9-14)24-22-23-20(13-26-22)18-8-7-15-3-1-2-4-16(15)11-18/h7-8,11,13-14,17,19H,1-6,9-10,12H2,(H,23,24,25)/t14-,17-,19-/m1/s1. The molecule has 0 unspecified atom stereocenters. The molecular formula is C22H26N2OS. The van der Waals surface area contributed by atoms with Crippen LogP contribution in [0, 0.1) is 17.8 Å². The SMILES string of the molecule is O=C(C[C@H]1C[C@@H]2CC[C@@H]1C2)Nc1nc(-c2ccc3c(c2)CCCC3)cs1. The zero-order valence-corrected chi connectivity index (χ0v) is 16.0. The lowest BCUT2D eigenvalue weighted by Gasteiger charge is -2.20. The van der Waals surface area contributed by atoms with Crippen LogP contribution < -0.4 is 5.32 Å². The molecular weight excluding hydrogens is 340 g/mol. The van der Waals surface area contributed by atoms with Crippen LogP contribution in [-0.4, -0.2) is 10.9 Å². The Morgan fingerprint density at radius 2 is 2.04 bits per heavy atom. The summed E-state index contributed by atoms with van der Waals surface area (Å²) in [6.45, 7) is 0. The molecule has 3 atom stereocenters. The third-order valence-corrected chi connectivity index (χ3v) is 7.48. The predicted molar refractivity (Wildman–Crippen MR) is 106 cm³/mol. The number of hydrogen-bond acceptors (Lipinski definition) is 3. The van der Waals surface area contributed by atoms with Gasteiger partial charge in [0.05, 0.1) is 5.69 Å². The van der Waals surface area contributed by atoms with Crippen molar-refractivity contribution < 1.29 is 4.79 Å². The van der Waals surface area contributed by atoms with Gasteiger partial charge in [0.15, 0.2) is 5.13 Å². The highest BCUT2D eigenvalue weighted by Crippen LogP contribution is 2.49. The maximum Gasteiger partial charge on any atom is 0.226 e. The van der Waals surface area contributed by atoms with E-state index in [0.29, 0.717) is 12.3 Å². The van der Waals surface area contributed by atoms with E-state index in [1.54, 1.807) is 11.3 Å². The number of rotatable bonds is 4. The molecule has 0 radical (unpaired) electrons. The highest BCUT2D eigenvalue weighted by molar-refractivity contribution is 7.14. The minimum Gasteiger partial charge on any atom is -0.302 e. The summed E-state index contributed by atoms with van der Waals surface area (Å²) in [6, 6.07) is 6.74. The first-order chi connectivity index (χ1) is 12.7. The second-order valence-electron chi connectivity index (χ2n) is 8.42. The molecule has 2 saturated carbocycles. The molecule has 136 valence electrons. The van der Waals surface area contributed by atoms with Gasteiger partial charge in [0.2, 0.25) is 5.91 Å². The highest BCUT2D eigenvalue weighted by atomic mass is 32.1. The molecule has 5 rings (SSSR count). The lowest BCUT2D eigenvalue weighted by Crippen LogP contribution is -2.20. The van der Waals surface area contributed by atoms with Crippen LogP contribution in [0.15, 0.2) is 23.6 Å². The Hall–Kier alpha value is -1.68. The van der Waals surface area contributed by atoms with E-state index >= 15 is 0 Å². The van der Waals surface area contributed by atoms with Crippen LogP contribution in [0.1, 0.15) is 56.1 Å². The lowest BCUT2D eigenvalue weighted by atomic mass is 9.86. The predicted octanol–water partition coefficient (Wildman–Crippen LogP) is 5.45. The Bertz CT molecular complexity index is 827. The zero-order chi connectivity index (χ0) is 17.5. The van der Waals surface area contributed by atoms with Crippen LogP contribution in [0.2, 0.25) is 0 Å². The summed E-state index contributed by atoms with van der Waals surface area (Å²) < 4.78 is 0. The Morgan fingerprint density at radius 1 is 1.15 bits per heavy atom. The quantitative estimate of drug-likeness (QED) is 0.781. The molecule has 3 aliphatic rings. The Morgan fingerprint density at radius 3 is 2.85 bits per heavy atom. The Kier molecular flexibility index (Phi) is 4.32. The molecule has 1 N–H and O–H groups in total. The van der Waals surface area contributed by atoms with E-state index in [1.165, 1.54) is 68.1 Å². The van der Waals surface area contributed by atoms with E-state index < -0.39 is 0 Å². The van der Waals surface area contributed by atoms with Crippen LogP contribution in [0.3, 0.4) is 0 Å². The van der Waals surface area contributed by atoms with Crippen LogP contribution in [-0.2, 0) is 17.6 Å². The molecule has 26 heavy (non-hydrogen) atoms. The summed E-state index contributed by atoms with van der Waals surface area (Å²) in [5.74, 6) is 2.45. The number of anilines is 1. The topological polar surface area (TPSA) is 42.0 Å². The van der Waals surface area contributed by atoms with Crippen molar-refractivity contribution in [3.05, 3.63) is 34.7 Å². The number of thiazole rings is 1. The van der Waals surface area contributed by atoms with E-state index in [2.05, 4.69) is 33.9 Å². The van der Waals surface area contributed by atoms with Crippen molar-refractivity contribution in [2.45, 2.75) is 57.8 Å². The first-order valence-electron chi connectivity index (χ1n) is 10.1. The Labute approximate surface area is 159 Å². The van der Waals surface area contributed by atoms with Gasteiger partial charge in [-0.05, 0) is 79.9 Å². The number of hydrogen-bond donors (Lipinski definition) is 1. The summed E-state index contributed by atoms with van der Waals surface area (Å²) in [7, 11) is 0. The molecule has 1 heterocycles. The van der Waals surface area contributed by atoms with Gasteiger partial charge < -0.3 is 5.32 Å². The maximum atomic E-state index is 12.4. The fourth-order valence-electron chi connectivity index (χ4n) is 5.39. The molecule has 4 heteroatoms. The number of nitrogens with one attached hydrogen (secondary N) is 1. The number of fused-ring (bicyclic) bond motifs is 3. The number of aryl methyl sites for hydroxylation is 2. The summed E-state index contributed by atoms with van der Waals surface area (Å²) in [6.07, 6.45) is 11.0. The number of aromatic nitrogens is 1. The number of benzene rings is 1. The number of carbonyl (C=O) groups is 1. The summed E-state index contributed by atoms with van der Waals surface area (Å²) in [5.41, 5.74) is 5.13. The first-order valence-corrected chi connectivity index (χ1v) is 11.0. The molecule has 2 bridgehead atoms. The van der Waals surface area contributed by atoms with Crippen molar-refractivity contribution in [1.82, 2.24) is 4.98 Å². The van der Waals surface area contributed by atoms with Crippen molar-refractivity contribution in [3.63, 3.8) is 0 Å². The van der Waals surface area contributed by atoms with Gasteiger partial charge in [-0.1, -0.05) is 18.6 Å². The zero-order valence-electron chi connectivity index (χ0n) is 15.2. The Balaban J connectivity index is 1.24. The van der Waals surface area contributed by atoms with Crippen LogP contribution >= 0.6 is 11.3 Å². The number of nitrogens with zero attached hydrogens (tertiary/aromatic N) is 1. The molecule has 2 fully saturated rings. The van der Waals surface area contributed by atoms with E-state index in [4.69, 9.17) is 0 Å². The van der Waals surface area contributed by atoms with E-state index in [0.717, 1.165) is 22.7 Å². The van der Waals surface area contributed by atoms with Crippen molar-refractivity contribution in [3.8, 4) is 11.3 Å². The molecule has 1 aromatic carbocycles. The minimum atomic E-state index is 0.147. The van der Waals surface area contributed by atoms with Gasteiger partial charge >= 0.3 is 0 Å². The van der Waals surface area contributed by atoms with Gasteiger partial charge in [-0.25, -0.2) is 4.98 Å². The maximum absolute atomic E-state index is 12.4. The summed E-state index contributed by atoms with van der Waals surface area (Å²) >= 11 is 1.54. The number of carbonyl (C=O) groups excluding carboxylic acids is 1. The van der Waals surface area contributed by atoms with Crippen LogP contribution in [0.25, 0.3) is 11.3 Å². The fourth-order valence-corrected chi connectivity index (χ4v) is 6.13. The first kappa shape index (κ1) is 16.5. The lowest BCUT2D eigenvalue weighted by molar-refractivity contribution is -0.117. The molecule has 0 saturated heterocycles. The third kappa shape index (κ3) is 3.20. The monoisotopic (exact) mass is 366 g/mol. The number of amides is 1. The van der Waals surface area contributed by atoms with Crippen LogP contribution in [0.5, 0.6) is 0 Å². The minimum absolute atomic E-state index is 0.147. The molecule has 3 nitrogen and oxygen atoms in total. The van der Waals surface area contributed by atoms with Gasteiger partial charge in [-0.2, -0.15) is 0 Å². The molecule has 1 amide bonds. The molecule has 2 aromatic rings. The van der Waals surface area contributed by atoms with Gasteiger partial charge in [-0.3, -0.25) is 4.79 Å². The summed E-state index contributed by atoms with van der Waals surface area (Å²) in [5, 5.41) is 5.86. The van der Waals surface area contributed by atoms with Crippen LogP contribution in [0.4, 0.5) is 5.13 Å². The fraction of sp³-hybridized carbons (Fsp3) is 0.545. The summed E-state index contributed by atoms with van der Waals surface area (Å²) in [4.78, 5) is 17.1. The van der Waals surface area contributed by atoms with E-state index in [9.17, 15) is 4.79 Å². The van der Waals surface area contributed by atoms with Crippen molar-refractivity contribution in [2.75, 3.05) is 5.32 Å².